The van der Waals surface area contributed by atoms with Crippen molar-refractivity contribution in [2.24, 2.45) is 12.1 Å². The van der Waals surface area contributed by atoms with Crippen LogP contribution in [0.3, 0.4) is 0 Å². The average molecular weight is 346 g/mol. The molecule has 0 atom stereocenters. The van der Waals surface area contributed by atoms with Gasteiger partial charge >= 0.3 is 5.69 Å². The van der Waals surface area contributed by atoms with E-state index in [1.54, 1.807) is 0 Å². The molecule has 0 aliphatic carbocycles. The van der Waals surface area contributed by atoms with Gasteiger partial charge < -0.3 is 14.4 Å². The summed E-state index contributed by atoms with van der Waals surface area (Å²) in [6.45, 7) is 0. The highest BCUT2D eigenvalue weighted by molar-refractivity contribution is 5.94. The number of phenols is 1. The highest BCUT2D eigenvalue weighted by atomic mass is 16.6. The van der Waals surface area contributed by atoms with E-state index in [0.29, 0.717) is 0 Å². The minimum absolute atomic E-state index is 0.101. The van der Waals surface area contributed by atoms with Crippen molar-refractivity contribution in [3.63, 3.8) is 0 Å². The monoisotopic (exact) mass is 346 g/mol. The zero-order valence-corrected chi connectivity index (χ0v) is 13.3. The lowest BCUT2D eigenvalue weighted by Crippen LogP contribution is -2.29. The lowest BCUT2D eigenvalue weighted by atomic mass is 10.2. The Kier molecular flexibility index (Phi) is 5.12. The van der Waals surface area contributed by atoms with E-state index in [0.717, 1.165) is 12.3 Å². The van der Waals surface area contributed by atoms with E-state index in [4.69, 9.17) is 4.74 Å². The first-order valence-electron chi connectivity index (χ1n) is 6.89. The standard InChI is InChI=1S/C15H14N4O6/c1-18-5-3-4-10(15(18)22)14(21)17-16-8-9-6-11(19(23)24)13(20)12(7-9)25-2/h3-8,20H,1-2H3,(H,17,21)/b16-8-. The summed E-state index contributed by atoms with van der Waals surface area (Å²) >= 11 is 0. The Labute approximate surface area is 141 Å². The van der Waals surface area contributed by atoms with Crippen LogP contribution in [0.25, 0.3) is 0 Å². The number of amides is 1. The SMILES string of the molecule is COc1cc(/C=N\NC(=O)c2cccn(C)c2=O)cc([N+](=O)[O-])c1O. The largest absolute Gasteiger partial charge is 0.500 e. The number of hydrogen-bond acceptors (Lipinski definition) is 7. The molecule has 2 aromatic rings. The maximum Gasteiger partial charge on any atom is 0.315 e. The summed E-state index contributed by atoms with van der Waals surface area (Å²) in [5, 5.41) is 24.3. The van der Waals surface area contributed by atoms with Crippen LogP contribution in [-0.4, -0.2) is 33.8 Å². The van der Waals surface area contributed by atoms with Crippen molar-refractivity contribution >= 4 is 17.8 Å². The average Bonchev–Trinajstić information content (AvgIpc) is 2.58. The number of aromatic nitrogens is 1. The molecule has 0 unspecified atom stereocenters. The summed E-state index contributed by atoms with van der Waals surface area (Å²) < 4.78 is 6.10. The highest BCUT2D eigenvalue weighted by Crippen LogP contribution is 2.36. The molecule has 10 nitrogen and oxygen atoms in total. The Hall–Kier alpha value is -3.69. The molecular formula is C15H14N4O6. The first-order valence-corrected chi connectivity index (χ1v) is 6.89. The number of carbonyl (C=O) groups is 1. The van der Waals surface area contributed by atoms with Gasteiger partial charge in [0.15, 0.2) is 5.75 Å². The zero-order chi connectivity index (χ0) is 18.6. The summed E-state index contributed by atoms with van der Waals surface area (Å²) in [6.07, 6.45) is 2.63. The maximum absolute atomic E-state index is 11.9. The molecule has 0 radical (unpaired) electrons. The van der Waals surface area contributed by atoms with E-state index >= 15 is 0 Å². The van der Waals surface area contributed by atoms with Crippen molar-refractivity contribution in [3.8, 4) is 11.5 Å². The van der Waals surface area contributed by atoms with Crippen LogP contribution in [0, 0.1) is 10.1 Å². The molecule has 0 aliphatic heterocycles. The van der Waals surface area contributed by atoms with Crippen LogP contribution in [0.4, 0.5) is 5.69 Å². The summed E-state index contributed by atoms with van der Waals surface area (Å²) in [7, 11) is 2.75. The number of aryl methyl sites for hydroxylation is 1. The number of aromatic hydroxyl groups is 1. The Morgan fingerprint density at radius 3 is 2.84 bits per heavy atom. The smallest absolute Gasteiger partial charge is 0.315 e. The van der Waals surface area contributed by atoms with Gasteiger partial charge in [-0.15, -0.1) is 0 Å². The molecule has 130 valence electrons. The number of nitrogens with zero attached hydrogens (tertiary/aromatic N) is 3. The fraction of sp³-hybridized carbons (Fsp3) is 0.133. The van der Waals surface area contributed by atoms with Crippen LogP contribution in [0.2, 0.25) is 0 Å². The first-order chi connectivity index (χ1) is 11.8. The molecule has 0 saturated carbocycles. The number of nitrogens with one attached hydrogen (secondary N) is 1. The number of ether oxygens (including phenoxy) is 1. The maximum atomic E-state index is 11.9. The van der Waals surface area contributed by atoms with Crippen LogP contribution >= 0.6 is 0 Å². The number of phenolic OH excluding ortho intramolecular Hbond substituents is 1. The normalized spacial score (nSPS) is 10.6. The number of nitro benzene ring substituents is 1. The zero-order valence-electron chi connectivity index (χ0n) is 13.3. The van der Waals surface area contributed by atoms with Gasteiger partial charge in [-0.05, 0) is 18.2 Å². The van der Waals surface area contributed by atoms with Gasteiger partial charge in [-0.2, -0.15) is 5.10 Å². The van der Waals surface area contributed by atoms with Gasteiger partial charge in [-0.1, -0.05) is 0 Å². The van der Waals surface area contributed by atoms with Gasteiger partial charge in [0.1, 0.15) is 5.56 Å². The Bertz CT molecular complexity index is 919. The number of hydrogen-bond donors (Lipinski definition) is 2. The Morgan fingerprint density at radius 2 is 2.20 bits per heavy atom. The van der Waals surface area contributed by atoms with Crippen LogP contribution in [0.5, 0.6) is 11.5 Å². The van der Waals surface area contributed by atoms with Crippen molar-refractivity contribution < 1.29 is 19.6 Å². The number of benzene rings is 1. The lowest BCUT2D eigenvalue weighted by molar-refractivity contribution is -0.386. The van der Waals surface area contributed by atoms with Crippen LogP contribution < -0.4 is 15.7 Å². The molecule has 1 amide bonds. The second-order valence-electron chi connectivity index (χ2n) is 4.89. The summed E-state index contributed by atoms with van der Waals surface area (Å²) in [6, 6.07) is 5.25. The molecule has 0 saturated heterocycles. The van der Waals surface area contributed by atoms with Crippen molar-refractivity contribution in [3.05, 3.63) is 62.1 Å². The van der Waals surface area contributed by atoms with E-state index in [1.165, 1.54) is 43.1 Å². The summed E-state index contributed by atoms with van der Waals surface area (Å²) in [5.74, 6) is -1.45. The molecule has 2 rings (SSSR count). The molecule has 1 aromatic heterocycles. The van der Waals surface area contributed by atoms with Crippen LogP contribution in [-0.2, 0) is 7.05 Å². The van der Waals surface area contributed by atoms with Gasteiger partial charge in [-0.25, -0.2) is 5.43 Å². The van der Waals surface area contributed by atoms with Gasteiger partial charge in [0.2, 0.25) is 5.75 Å². The number of hydrazone groups is 1. The van der Waals surface area contributed by atoms with Crippen molar-refractivity contribution in [2.75, 3.05) is 7.11 Å². The molecule has 1 heterocycles. The Balaban J connectivity index is 2.23. The third-order valence-corrected chi connectivity index (χ3v) is 3.24. The number of methoxy groups -OCH3 is 1. The summed E-state index contributed by atoms with van der Waals surface area (Å²) in [4.78, 5) is 33.9. The number of pyridine rings is 1. The van der Waals surface area contributed by atoms with Gasteiger partial charge in [0.25, 0.3) is 11.5 Å². The quantitative estimate of drug-likeness (QED) is 0.466. The van der Waals surface area contributed by atoms with Crippen molar-refractivity contribution in [2.45, 2.75) is 0 Å². The van der Waals surface area contributed by atoms with Crippen molar-refractivity contribution in [1.82, 2.24) is 9.99 Å². The van der Waals surface area contributed by atoms with Crippen molar-refractivity contribution in [1.29, 1.82) is 0 Å². The highest BCUT2D eigenvalue weighted by Gasteiger charge is 2.19. The summed E-state index contributed by atoms with van der Waals surface area (Å²) in [5.41, 5.74) is 1.22. The van der Waals surface area contributed by atoms with E-state index in [-0.39, 0.29) is 16.9 Å². The second kappa shape index (κ2) is 7.25. The topological polar surface area (TPSA) is 136 Å². The molecular weight excluding hydrogens is 332 g/mol. The molecule has 25 heavy (non-hydrogen) atoms. The second-order valence-corrected chi connectivity index (χ2v) is 4.89. The predicted octanol–water partition coefficient (Wildman–Crippen LogP) is 0.772. The van der Waals surface area contributed by atoms with E-state index < -0.39 is 27.8 Å². The first kappa shape index (κ1) is 17.7. The molecule has 2 N–H and O–H groups in total. The van der Waals surface area contributed by atoms with E-state index in [9.17, 15) is 24.8 Å². The van der Waals surface area contributed by atoms with Crippen LogP contribution in [0.1, 0.15) is 15.9 Å². The third kappa shape index (κ3) is 3.80. The fourth-order valence-electron chi connectivity index (χ4n) is 1.98. The Morgan fingerprint density at radius 1 is 1.48 bits per heavy atom. The number of rotatable bonds is 5. The van der Waals surface area contributed by atoms with Gasteiger partial charge in [-0.3, -0.25) is 19.7 Å². The van der Waals surface area contributed by atoms with E-state index in [2.05, 4.69) is 10.5 Å². The molecule has 0 bridgehead atoms. The van der Waals surface area contributed by atoms with Gasteiger partial charge in [0, 0.05) is 24.9 Å². The van der Waals surface area contributed by atoms with Crippen LogP contribution in [0.15, 0.2) is 40.4 Å². The third-order valence-electron chi connectivity index (χ3n) is 3.24. The molecule has 1 aromatic carbocycles. The fourth-order valence-corrected chi connectivity index (χ4v) is 1.98. The molecule has 0 spiro atoms. The number of nitro groups is 1. The minimum Gasteiger partial charge on any atom is -0.500 e. The van der Waals surface area contributed by atoms with Gasteiger partial charge in [0.05, 0.1) is 18.2 Å². The number of carbonyl (C=O) groups excluding carboxylic acids is 1. The molecule has 0 fully saturated rings. The molecule has 0 aliphatic rings. The van der Waals surface area contributed by atoms with E-state index in [1.807, 2.05) is 0 Å². The molecule has 10 heteroatoms. The minimum atomic E-state index is -0.776. The lowest BCUT2D eigenvalue weighted by Gasteiger charge is -2.05. The predicted molar refractivity (Wildman–Crippen MR) is 88.1 cm³/mol.